The number of ether oxygens (including phenoxy) is 4. The number of carbonyl (C=O) groups is 3. The molecule has 0 unspecified atom stereocenters. The van der Waals surface area contributed by atoms with Crippen molar-refractivity contribution in [3.8, 4) is 0 Å². The first kappa shape index (κ1) is 20.3. The lowest BCUT2D eigenvalue weighted by atomic mass is 10.1. The minimum Gasteiger partial charge on any atom is -0.466 e. The highest BCUT2D eigenvalue weighted by molar-refractivity contribution is 6.03. The van der Waals surface area contributed by atoms with E-state index in [1.807, 2.05) is 0 Å². The number of hydrogen-bond acceptors (Lipinski definition) is 9. The van der Waals surface area contributed by atoms with Crippen LogP contribution in [0.5, 0.6) is 0 Å². The smallest absolute Gasteiger partial charge is 0.356 e. The first-order chi connectivity index (χ1) is 14.0. The van der Waals surface area contributed by atoms with Gasteiger partial charge in [-0.2, -0.15) is 0 Å². The van der Waals surface area contributed by atoms with Crippen molar-refractivity contribution in [2.75, 3.05) is 39.1 Å². The topological polar surface area (TPSA) is 104 Å². The van der Waals surface area contributed by atoms with Crippen LogP contribution in [0.4, 0.5) is 5.69 Å². The standard InChI is InChI=1S/C20H20N2O7/c1-4-29-19(24)15-8-6-12-5-7-13(9-16(12)21-15)22-11-28-10-14(18(23)26-2)17(22)20(25)27-3/h5-9H,4,10-11H2,1-3H3. The Kier molecular flexibility index (Phi) is 6.08. The minimum atomic E-state index is -0.693. The van der Waals surface area contributed by atoms with Crippen LogP contribution in [0, 0.1) is 0 Å². The Morgan fingerprint density at radius 3 is 2.48 bits per heavy atom. The second-order valence-corrected chi connectivity index (χ2v) is 6.01. The molecule has 1 aromatic heterocycles. The van der Waals surface area contributed by atoms with Gasteiger partial charge >= 0.3 is 17.9 Å². The molecule has 3 rings (SSSR count). The van der Waals surface area contributed by atoms with E-state index < -0.39 is 17.9 Å². The van der Waals surface area contributed by atoms with Crippen molar-refractivity contribution in [1.29, 1.82) is 0 Å². The van der Waals surface area contributed by atoms with E-state index in [9.17, 15) is 14.4 Å². The zero-order chi connectivity index (χ0) is 21.0. The van der Waals surface area contributed by atoms with Crippen LogP contribution < -0.4 is 4.90 Å². The lowest BCUT2D eigenvalue weighted by molar-refractivity contribution is -0.140. The number of benzene rings is 1. The van der Waals surface area contributed by atoms with Gasteiger partial charge in [-0.05, 0) is 25.1 Å². The van der Waals surface area contributed by atoms with Gasteiger partial charge in [-0.3, -0.25) is 0 Å². The van der Waals surface area contributed by atoms with Crippen molar-refractivity contribution in [3.63, 3.8) is 0 Å². The van der Waals surface area contributed by atoms with Gasteiger partial charge in [-0.15, -0.1) is 0 Å². The summed E-state index contributed by atoms with van der Waals surface area (Å²) in [6.07, 6.45) is 0. The second kappa shape index (κ2) is 8.70. The summed E-state index contributed by atoms with van der Waals surface area (Å²) in [5.41, 5.74) is 1.31. The van der Waals surface area contributed by atoms with E-state index in [0.717, 1.165) is 5.39 Å². The molecule has 0 saturated carbocycles. The van der Waals surface area contributed by atoms with Gasteiger partial charge in [0.15, 0.2) is 0 Å². The Bertz CT molecular complexity index is 999. The molecule has 0 N–H and O–H groups in total. The molecule has 29 heavy (non-hydrogen) atoms. The summed E-state index contributed by atoms with van der Waals surface area (Å²) in [5, 5.41) is 0.788. The average molecular weight is 400 g/mol. The summed E-state index contributed by atoms with van der Waals surface area (Å²) >= 11 is 0. The predicted octanol–water partition coefficient (Wildman–Crippen LogP) is 1.81. The lowest BCUT2D eigenvalue weighted by Crippen LogP contribution is -2.38. The van der Waals surface area contributed by atoms with E-state index in [0.29, 0.717) is 11.2 Å². The van der Waals surface area contributed by atoms with Crippen LogP contribution in [0.1, 0.15) is 17.4 Å². The van der Waals surface area contributed by atoms with Crippen molar-refractivity contribution in [1.82, 2.24) is 4.98 Å². The molecule has 0 radical (unpaired) electrons. The molecule has 152 valence electrons. The molecule has 2 heterocycles. The van der Waals surface area contributed by atoms with Gasteiger partial charge in [0.25, 0.3) is 0 Å². The molecule has 1 aromatic carbocycles. The third kappa shape index (κ3) is 4.04. The first-order valence-corrected chi connectivity index (χ1v) is 8.83. The molecule has 1 aliphatic rings. The number of carbonyl (C=O) groups excluding carboxylic acids is 3. The fourth-order valence-electron chi connectivity index (χ4n) is 2.94. The third-order valence-corrected chi connectivity index (χ3v) is 4.31. The van der Waals surface area contributed by atoms with Crippen molar-refractivity contribution >= 4 is 34.5 Å². The minimum absolute atomic E-state index is 0.0218. The fraction of sp³-hybridized carbons (Fsp3) is 0.300. The van der Waals surface area contributed by atoms with Crippen LogP contribution >= 0.6 is 0 Å². The maximum atomic E-state index is 12.4. The van der Waals surface area contributed by atoms with Crippen molar-refractivity contribution in [3.05, 3.63) is 47.3 Å². The SMILES string of the molecule is CCOC(=O)c1ccc2ccc(N3COCC(C(=O)OC)=C3C(=O)OC)cc2n1. The van der Waals surface area contributed by atoms with E-state index in [1.165, 1.54) is 19.1 Å². The molecule has 1 aliphatic heterocycles. The molecular weight excluding hydrogens is 380 g/mol. The number of pyridine rings is 1. The van der Waals surface area contributed by atoms with Gasteiger partial charge < -0.3 is 23.8 Å². The Balaban J connectivity index is 2.08. The fourth-order valence-corrected chi connectivity index (χ4v) is 2.94. The lowest BCUT2D eigenvalue weighted by Gasteiger charge is -2.31. The summed E-state index contributed by atoms with van der Waals surface area (Å²) in [6, 6.07) is 8.56. The van der Waals surface area contributed by atoms with Crippen LogP contribution in [0.3, 0.4) is 0 Å². The molecule has 0 bridgehead atoms. The Morgan fingerprint density at radius 2 is 1.79 bits per heavy atom. The molecule has 0 spiro atoms. The van der Waals surface area contributed by atoms with Gasteiger partial charge in [0.2, 0.25) is 0 Å². The monoisotopic (exact) mass is 400 g/mol. The average Bonchev–Trinajstić information content (AvgIpc) is 2.76. The van der Waals surface area contributed by atoms with Crippen LogP contribution in [0.25, 0.3) is 10.9 Å². The molecule has 9 heteroatoms. The quantitative estimate of drug-likeness (QED) is 0.549. The molecule has 0 aliphatic carbocycles. The van der Waals surface area contributed by atoms with Gasteiger partial charge in [0.05, 0.1) is 38.5 Å². The molecule has 0 atom stereocenters. The van der Waals surface area contributed by atoms with Crippen LogP contribution in [0.15, 0.2) is 41.6 Å². The van der Waals surface area contributed by atoms with Crippen molar-refractivity contribution in [2.45, 2.75) is 6.92 Å². The molecule has 9 nitrogen and oxygen atoms in total. The molecule has 0 amide bonds. The highest BCUT2D eigenvalue weighted by atomic mass is 16.5. The van der Waals surface area contributed by atoms with E-state index in [4.69, 9.17) is 18.9 Å². The van der Waals surface area contributed by atoms with Crippen molar-refractivity contribution < 1.29 is 33.3 Å². The third-order valence-electron chi connectivity index (χ3n) is 4.31. The number of aromatic nitrogens is 1. The Hall–Kier alpha value is -3.46. The number of rotatable bonds is 5. The summed E-state index contributed by atoms with van der Waals surface area (Å²) in [7, 11) is 2.45. The number of hydrogen-bond donors (Lipinski definition) is 0. The number of methoxy groups -OCH3 is 2. The van der Waals surface area contributed by atoms with E-state index in [-0.39, 0.29) is 36.9 Å². The summed E-state index contributed by atoms with van der Waals surface area (Å²) in [6.45, 7) is 1.90. The highest BCUT2D eigenvalue weighted by Gasteiger charge is 2.32. The van der Waals surface area contributed by atoms with E-state index >= 15 is 0 Å². The highest BCUT2D eigenvalue weighted by Crippen LogP contribution is 2.29. The molecule has 0 saturated heterocycles. The zero-order valence-corrected chi connectivity index (χ0v) is 16.3. The van der Waals surface area contributed by atoms with Gasteiger partial charge in [0, 0.05) is 11.1 Å². The summed E-state index contributed by atoms with van der Waals surface area (Å²) in [4.78, 5) is 42.3. The van der Waals surface area contributed by atoms with Crippen LogP contribution in [-0.2, 0) is 28.5 Å². The maximum absolute atomic E-state index is 12.4. The summed E-state index contributed by atoms with van der Waals surface area (Å²) < 4.78 is 20.1. The number of esters is 3. The Morgan fingerprint density at radius 1 is 1.07 bits per heavy atom. The predicted molar refractivity (Wildman–Crippen MR) is 102 cm³/mol. The summed E-state index contributed by atoms with van der Waals surface area (Å²) in [5.74, 6) is -1.90. The van der Waals surface area contributed by atoms with Gasteiger partial charge in [-0.1, -0.05) is 12.1 Å². The number of anilines is 1. The molecular formula is C20H20N2O7. The zero-order valence-electron chi connectivity index (χ0n) is 16.3. The van der Waals surface area contributed by atoms with Crippen molar-refractivity contribution in [2.24, 2.45) is 0 Å². The Labute approximate surface area is 166 Å². The van der Waals surface area contributed by atoms with Crippen LogP contribution in [0.2, 0.25) is 0 Å². The number of fused-ring (bicyclic) bond motifs is 1. The number of nitrogens with zero attached hydrogens (tertiary/aromatic N) is 2. The first-order valence-electron chi connectivity index (χ1n) is 8.83. The van der Waals surface area contributed by atoms with Gasteiger partial charge in [-0.25, -0.2) is 19.4 Å². The van der Waals surface area contributed by atoms with Gasteiger partial charge in [0.1, 0.15) is 18.1 Å². The second-order valence-electron chi connectivity index (χ2n) is 6.01. The normalized spacial score (nSPS) is 14.0. The van der Waals surface area contributed by atoms with E-state index in [1.54, 1.807) is 37.3 Å². The largest absolute Gasteiger partial charge is 0.466 e. The van der Waals surface area contributed by atoms with E-state index in [2.05, 4.69) is 4.98 Å². The molecule has 2 aromatic rings. The molecule has 0 fully saturated rings. The maximum Gasteiger partial charge on any atom is 0.356 e. The van der Waals surface area contributed by atoms with Crippen LogP contribution in [-0.4, -0.2) is 57.1 Å².